The van der Waals surface area contributed by atoms with Gasteiger partial charge >= 0.3 is 0 Å². The zero-order valence-electron chi connectivity index (χ0n) is 11.4. The van der Waals surface area contributed by atoms with Crippen molar-refractivity contribution < 1.29 is 12.8 Å². The lowest BCUT2D eigenvalue weighted by Crippen LogP contribution is -2.08. The SMILES string of the molecule is O=S(=O)(CCSc1nc2cc(Cl)ccc2o1)c1ccccc1. The minimum absolute atomic E-state index is 0.0289. The first-order chi connectivity index (χ1) is 10.5. The van der Waals surface area contributed by atoms with Crippen LogP contribution in [0.3, 0.4) is 0 Å². The van der Waals surface area contributed by atoms with Crippen LogP contribution in [-0.2, 0) is 9.84 Å². The Hall–Kier alpha value is -1.50. The third kappa shape index (κ3) is 3.45. The number of rotatable bonds is 5. The average molecular weight is 354 g/mol. The normalized spacial score (nSPS) is 11.9. The highest BCUT2D eigenvalue weighted by molar-refractivity contribution is 8.00. The Morgan fingerprint density at radius 2 is 1.91 bits per heavy atom. The van der Waals surface area contributed by atoms with E-state index in [-0.39, 0.29) is 5.75 Å². The second kappa shape index (κ2) is 6.32. The molecule has 1 heterocycles. The Morgan fingerprint density at radius 1 is 1.14 bits per heavy atom. The topological polar surface area (TPSA) is 60.2 Å². The van der Waals surface area contributed by atoms with Gasteiger partial charge in [0.15, 0.2) is 15.4 Å². The highest BCUT2D eigenvalue weighted by Crippen LogP contribution is 2.26. The molecular weight excluding hydrogens is 342 g/mol. The number of nitrogens with zero attached hydrogens (tertiary/aromatic N) is 1. The molecule has 0 N–H and O–H groups in total. The Morgan fingerprint density at radius 3 is 2.68 bits per heavy atom. The molecule has 114 valence electrons. The molecule has 1 aromatic heterocycles. The Kier molecular flexibility index (Phi) is 4.42. The van der Waals surface area contributed by atoms with E-state index in [1.165, 1.54) is 11.8 Å². The minimum Gasteiger partial charge on any atom is -0.431 e. The van der Waals surface area contributed by atoms with E-state index in [0.717, 1.165) is 0 Å². The maximum atomic E-state index is 12.2. The molecule has 0 unspecified atom stereocenters. The van der Waals surface area contributed by atoms with Gasteiger partial charge in [0.1, 0.15) is 5.52 Å². The fourth-order valence-corrected chi connectivity index (χ4v) is 4.60. The van der Waals surface area contributed by atoms with Crippen molar-refractivity contribution in [2.24, 2.45) is 0 Å². The summed E-state index contributed by atoms with van der Waals surface area (Å²) in [7, 11) is -3.28. The number of hydrogen-bond donors (Lipinski definition) is 0. The van der Waals surface area contributed by atoms with Crippen molar-refractivity contribution >= 4 is 44.3 Å². The van der Waals surface area contributed by atoms with Gasteiger partial charge in [-0.1, -0.05) is 41.6 Å². The molecule has 0 aliphatic heterocycles. The van der Waals surface area contributed by atoms with E-state index in [0.29, 0.717) is 32.0 Å². The summed E-state index contributed by atoms with van der Waals surface area (Å²) in [4.78, 5) is 4.62. The third-order valence-corrected chi connectivity index (χ3v) is 6.07. The zero-order chi connectivity index (χ0) is 15.6. The number of oxazole rings is 1. The summed E-state index contributed by atoms with van der Waals surface area (Å²) in [5.41, 5.74) is 1.30. The van der Waals surface area contributed by atoms with Crippen molar-refractivity contribution in [2.75, 3.05) is 11.5 Å². The first kappa shape index (κ1) is 15.4. The van der Waals surface area contributed by atoms with Gasteiger partial charge in [-0.05, 0) is 30.3 Å². The van der Waals surface area contributed by atoms with Gasteiger partial charge in [0.2, 0.25) is 0 Å². The van der Waals surface area contributed by atoms with Gasteiger partial charge in [-0.15, -0.1) is 0 Å². The van der Waals surface area contributed by atoms with Crippen molar-refractivity contribution in [1.82, 2.24) is 4.98 Å². The molecule has 0 fully saturated rings. The van der Waals surface area contributed by atoms with Crippen LogP contribution >= 0.6 is 23.4 Å². The van der Waals surface area contributed by atoms with E-state index in [9.17, 15) is 8.42 Å². The molecule has 0 atom stereocenters. The Bertz CT molecular complexity index is 892. The van der Waals surface area contributed by atoms with Gasteiger partial charge in [0.05, 0.1) is 10.6 Å². The van der Waals surface area contributed by atoms with E-state index in [1.807, 2.05) is 0 Å². The molecular formula is C15H12ClNO3S2. The molecule has 0 saturated carbocycles. The molecule has 0 saturated heterocycles. The molecule has 0 bridgehead atoms. The number of halogens is 1. The quantitative estimate of drug-likeness (QED) is 0.647. The highest BCUT2D eigenvalue weighted by atomic mass is 35.5. The van der Waals surface area contributed by atoms with Crippen LogP contribution in [0.15, 0.2) is 63.1 Å². The summed E-state index contributed by atoms with van der Waals surface area (Å²) < 4.78 is 29.9. The maximum absolute atomic E-state index is 12.2. The predicted molar refractivity (Wildman–Crippen MR) is 88.2 cm³/mol. The molecule has 0 aliphatic carbocycles. The second-order valence-electron chi connectivity index (χ2n) is 4.57. The first-order valence-electron chi connectivity index (χ1n) is 6.51. The van der Waals surface area contributed by atoms with Crippen LogP contribution in [-0.4, -0.2) is 24.9 Å². The number of sulfone groups is 1. The smallest absolute Gasteiger partial charge is 0.256 e. The summed E-state index contributed by atoms with van der Waals surface area (Å²) in [5.74, 6) is 0.402. The summed E-state index contributed by atoms with van der Waals surface area (Å²) in [6, 6.07) is 13.6. The van der Waals surface area contributed by atoms with E-state index in [2.05, 4.69) is 4.98 Å². The molecule has 3 rings (SSSR count). The number of hydrogen-bond acceptors (Lipinski definition) is 5. The minimum atomic E-state index is -3.28. The standard InChI is InChI=1S/C15H12ClNO3S2/c16-11-6-7-14-13(10-11)17-15(20-14)21-8-9-22(18,19)12-4-2-1-3-5-12/h1-7,10H,8-9H2. The van der Waals surface area contributed by atoms with Crippen LogP contribution in [0.25, 0.3) is 11.1 Å². The van der Waals surface area contributed by atoms with Gasteiger partial charge in [-0.2, -0.15) is 0 Å². The molecule has 4 nitrogen and oxygen atoms in total. The fourth-order valence-electron chi connectivity index (χ4n) is 1.93. The number of benzene rings is 2. The number of fused-ring (bicyclic) bond motifs is 1. The fraction of sp³-hybridized carbons (Fsp3) is 0.133. The van der Waals surface area contributed by atoms with E-state index in [4.69, 9.17) is 16.0 Å². The van der Waals surface area contributed by atoms with E-state index >= 15 is 0 Å². The molecule has 0 amide bonds. The lowest BCUT2D eigenvalue weighted by atomic mass is 10.3. The molecule has 7 heteroatoms. The maximum Gasteiger partial charge on any atom is 0.256 e. The van der Waals surface area contributed by atoms with E-state index in [1.54, 1.807) is 48.5 Å². The molecule has 22 heavy (non-hydrogen) atoms. The van der Waals surface area contributed by atoms with Gasteiger partial charge in [-0.3, -0.25) is 0 Å². The van der Waals surface area contributed by atoms with Crippen molar-refractivity contribution in [1.29, 1.82) is 0 Å². The zero-order valence-corrected chi connectivity index (χ0v) is 13.8. The summed E-state index contributed by atoms with van der Waals surface area (Å²) in [6.07, 6.45) is 0. The van der Waals surface area contributed by atoms with Crippen molar-refractivity contribution in [2.45, 2.75) is 10.1 Å². The lowest BCUT2D eigenvalue weighted by molar-refractivity contribution is 0.489. The molecule has 0 radical (unpaired) electrons. The monoisotopic (exact) mass is 353 g/mol. The number of thioether (sulfide) groups is 1. The van der Waals surface area contributed by atoms with Crippen molar-refractivity contribution in [3.8, 4) is 0 Å². The Balaban J connectivity index is 1.67. The van der Waals surface area contributed by atoms with Gasteiger partial charge in [0.25, 0.3) is 5.22 Å². The van der Waals surface area contributed by atoms with Gasteiger partial charge in [-0.25, -0.2) is 13.4 Å². The van der Waals surface area contributed by atoms with Crippen LogP contribution in [0.1, 0.15) is 0 Å². The lowest BCUT2D eigenvalue weighted by Gasteiger charge is -2.02. The second-order valence-corrected chi connectivity index (χ2v) is 8.16. The molecule has 0 aliphatic rings. The van der Waals surface area contributed by atoms with Crippen LogP contribution in [0.4, 0.5) is 0 Å². The first-order valence-corrected chi connectivity index (χ1v) is 9.53. The summed E-state index contributed by atoms with van der Waals surface area (Å²) in [6.45, 7) is 0. The average Bonchev–Trinajstić information content (AvgIpc) is 2.89. The van der Waals surface area contributed by atoms with Gasteiger partial charge in [0, 0.05) is 10.8 Å². The largest absolute Gasteiger partial charge is 0.431 e. The van der Waals surface area contributed by atoms with Crippen LogP contribution < -0.4 is 0 Å². The summed E-state index contributed by atoms with van der Waals surface area (Å²) in [5, 5.41) is 1.03. The van der Waals surface area contributed by atoms with Gasteiger partial charge < -0.3 is 4.42 Å². The predicted octanol–water partition coefficient (Wildman–Crippen LogP) is 4.05. The molecule has 2 aromatic carbocycles. The summed E-state index contributed by atoms with van der Waals surface area (Å²) >= 11 is 7.17. The van der Waals surface area contributed by atoms with E-state index < -0.39 is 9.84 Å². The highest BCUT2D eigenvalue weighted by Gasteiger charge is 2.15. The molecule has 0 spiro atoms. The third-order valence-electron chi connectivity index (χ3n) is 3.01. The van der Waals surface area contributed by atoms with Crippen LogP contribution in [0.5, 0.6) is 0 Å². The molecule has 3 aromatic rings. The van der Waals surface area contributed by atoms with Crippen LogP contribution in [0.2, 0.25) is 5.02 Å². The van der Waals surface area contributed by atoms with Crippen LogP contribution in [0, 0.1) is 0 Å². The van der Waals surface area contributed by atoms with Crippen molar-refractivity contribution in [3.05, 3.63) is 53.6 Å². The number of aromatic nitrogens is 1. The Labute approximate surface area is 137 Å². The van der Waals surface area contributed by atoms with Crippen molar-refractivity contribution in [3.63, 3.8) is 0 Å².